The predicted molar refractivity (Wildman–Crippen MR) is 111 cm³/mol. The normalized spacial score (nSPS) is 16.0. The third-order valence-corrected chi connectivity index (χ3v) is 6.96. The number of nitrogens with zero attached hydrogens (tertiary/aromatic N) is 2. The van der Waals surface area contributed by atoms with Gasteiger partial charge < -0.3 is 14.6 Å². The number of H-pyrrole nitrogens is 1. The van der Waals surface area contributed by atoms with Gasteiger partial charge in [-0.1, -0.05) is 45.0 Å². The fourth-order valence-corrected chi connectivity index (χ4v) is 4.65. The number of nitrogens with one attached hydrogen (secondary N) is 1. The van der Waals surface area contributed by atoms with Crippen LogP contribution in [-0.4, -0.2) is 61.9 Å². The van der Waals surface area contributed by atoms with Gasteiger partial charge in [-0.15, -0.1) is 0 Å². The molecule has 8 heteroatoms. The van der Waals surface area contributed by atoms with Gasteiger partial charge in [0, 0.05) is 32.9 Å². The molecular formula is C21H29N3O4S. The van der Waals surface area contributed by atoms with Gasteiger partial charge in [0.1, 0.15) is 10.6 Å². The smallest absolute Gasteiger partial charge is 0.270 e. The van der Waals surface area contributed by atoms with Gasteiger partial charge in [-0.2, -0.15) is 4.31 Å². The summed E-state index contributed by atoms with van der Waals surface area (Å²) in [6.45, 7) is 8.32. The second kappa shape index (κ2) is 8.30. The van der Waals surface area contributed by atoms with Crippen LogP contribution in [0.3, 0.4) is 0 Å². The molecule has 158 valence electrons. The highest BCUT2D eigenvalue weighted by atomic mass is 32.2. The van der Waals surface area contributed by atoms with Crippen LogP contribution < -0.4 is 0 Å². The molecule has 2 heterocycles. The summed E-state index contributed by atoms with van der Waals surface area (Å²) < 4.78 is 32.0. The maximum Gasteiger partial charge on any atom is 0.270 e. The van der Waals surface area contributed by atoms with E-state index in [9.17, 15) is 13.2 Å². The van der Waals surface area contributed by atoms with E-state index >= 15 is 0 Å². The van der Waals surface area contributed by atoms with Crippen molar-refractivity contribution in [3.05, 3.63) is 53.3 Å². The van der Waals surface area contributed by atoms with Crippen molar-refractivity contribution in [2.24, 2.45) is 0 Å². The minimum absolute atomic E-state index is 0.0763. The maximum atomic E-state index is 12.8. The molecule has 29 heavy (non-hydrogen) atoms. The van der Waals surface area contributed by atoms with Crippen LogP contribution in [0.1, 0.15) is 42.4 Å². The fourth-order valence-electron chi connectivity index (χ4n) is 3.24. The molecule has 1 aliphatic rings. The topological polar surface area (TPSA) is 82.7 Å². The van der Waals surface area contributed by atoms with Gasteiger partial charge in [-0.25, -0.2) is 8.42 Å². The Morgan fingerprint density at radius 2 is 1.79 bits per heavy atom. The second-order valence-corrected chi connectivity index (χ2v) is 10.3. The average molecular weight is 420 g/mol. The summed E-state index contributed by atoms with van der Waals surface area (Å²) in [7, 11) is -1.92. The second-order valence-electron chi connectivity index (χ2n) is 8.37. The van der Waals surface area contributed by atoms with Crippen LogP contribution in [0.5, 0.6) is 0 Å². The van der Waals surface area contributed by atoms with Gasteiger partial charge in [-0.3, -0.25) is 4.79 Å². The van der Waals surface area contributed by atoms with Gasteiger partial charge in [0.2, 0.25) is 10.0 Å². The zero-order valence-electron chi connectivity index (χ0n) is 17.4. The Morgan fingerprint density at radius 3 is 2.38 bits per heavy atom. The van der Waals surface area contributed by atoms with E-state index < -0.39 is 10.0 Å². The van der Waals surface area contributed by atoms with Crippen molar-refractivity contribution in [1.82, 2.24) is 14.2 Å². The molecule has 0 saturated carbocycles. The van der Waals surface area contributed by atoms with Crippen molar-refractivity contribution < 1.29 is 17.9 Å². The van der Waals surface area contributed by atoms with E-state index in [1.807, 2.05) is 12.1 Å². The Bertz CT molecular complexity index is 953. The highest BCUT2D eigenvalue weighted by molar-refractivity contribution is 7.89. The number of hydrogen-bond acceptors (Lipinski definition) is 4. The molecule has 1 fully saturated rings. The first-order valence-corrected chi connectivity index (χ1v) is 11.1. The highest BCUT2D eigenvalue weighted by Crippen LogP contribution is 2.23. The van der Waals surface area contributed by atoms with E-state index in [4.69, 9.17) is 4.74 Å². The number of benzene rings is 1. The molecule has 0 radical (unpaired) electrons. The Morgan fingerprint density at radius 1 is 1.17 bits per heavy atom. The SMILES string of the molecule is CN(Cc1ccc(C(C)(C)C)cc1)C(=O)c1cc(S(=O)(=O)N2CCOCC2)c[nH]1. The summed E-state index contributed by atoms with van der Waals surface area (Å²) >= 11 is 0. The molecule has 0 bridgehead atoms. The largest absolute Gasteiger partial charge is 0.379 e. The van der Waals surface area contributed by atoms with Crippen LogP contribution in [0.15, 0.2) is 41.4 Å². The summed E-state index contributed by atoms with van der Waals surface area (Å²) in [4.78, 5) is 17.3. The van der Waals surface area contributed by atoms with E-state index in [1.165, 1.54) is 22.1 Å². The molecule has 0 aliphatic carbocycles. The number of ether oxygens (including phenoxy) is 1. The minimum Gasteiger partial charge on any atom is -0.379 e. The lowest BCUT2D eigenvalue weighted by molar-refractivity contribution is 0.0730. The average Bonchev–Trinajstić information content (AvgIpc) is 3.19. The van der Waals surface area contributed by atoms with E-state index in [1.54, 1.807) is 11.9 Å². The van der Waals surface area contributed by atoms with E-state index in [0.717, 1.165) is 5.56 Å². The van der Waals surface area contributed by atoms with Crippen LogP contribution in [0.4, 0.5) is 0 Å². The van der Waals surface area contributed by atoms with Gasteiger partial charge in [-0.05, 0) is 22.6 Å². The Kier molecular flexibility index (Phi) is 6.16. The lowest BCUT2D eigenvalue weighted by atomic mass is 9.87. The molecule has 1 saturated heterocycles. The Hall–Kier alpha value is -2.16. The third kappa shape index (κ3) is 4.88. The summed E-state index contributed by atoms with van der Waals surface area (Å²) in [6.07, 6.45) is 1.38. The summed E-state index contributed by atoms with van der Waals surface area (Å²) in [6, 6.07) is 9.61. The van der Waals surface area contributed by atoms with Crippen LogP contribution in [0, 0.1) is 0 Å². The van der Waals surface area contributed by atoms with Crippen molar-refractivity contribution >= 4 is 15.9 Å². The first-order valence-electron chi connectivity index (χ1n) is 9.70. The minimum atomic E-state index is -3.63. The zero-order chi connectivity index (χ0) is 21.2. The number of amides is 1. The summed E-state index contributed by atoms with van der Waals surface area (Å²) in [5.41, 5.74) is 2.58. The van der Waals surface area contributed by atoms with Crippen LogP contribution in [0.2, 0.25) is 0 Å². The van der Waals surface area contributed by atoms with Crippen molar-refractivity contribution in [2.45, 2.75) is 37.6 Å². The molecule has 0 unspecified atom stereocenters. The van der Waals surface area contributed by atoms with Gasteiger partial charge in [0.15, 0.2) is 0 Å². The molecule has 1 aromatic heterocycles. The molecule has 0 atom stereocenters. The molecule has 1 N–H and O–H groups in total. The number of sulfonamides is 1. The zero-order valence-corrected chi connectivity index (χ0v) is 18.3. The quantitative estimate of drug-likeness (QED) is 0.808. The van der Waals surface area contributed by atoms with Crippen LogP contribution >= 0.6 is 0 Å². The van der Waals surface area contributed by atoms with Gasteiger partial charge in [0.25, 0.3) is 5.91 Å². The third-order valence-electron chi connectivity index (χ3n) is 5.08. The van der Waals surface area contributed by atoms with Crippen LogP contribution in [0.25, 0.3) is 0 Å². The molecule has 1 aliphatic heterocycles. The predicted octanol–water partition coefficient (Wildman–Crippen LogP) is 2.61. The summed E-state index contributed by atoms with van der Waals surface area (Å²) in [5, 5.41) is 0. The Labute approximate surface area is 172 Å². The van der Waals surface area contributed by atoms with E-state index in [-0.39, 0.29) is 21.9 Å². The first-order chi connectivity index (χ1) is 13.6. The van der Waals surface area contributed by atoms with Crippen LogP contribution in [-0.2, 0) is 26.7 Å². The molecule has 7 nitrogen and oxygen atoms in total. The molecule has 2 aromatic rings. The molecule has 3 rings (SSSR count). The highest BCUT2D eigenvalue weighted by Gasteiger charge is 2.28. The van der Waals surface area contributed by atoms with Gasteiger partial charge >= 0.3 is 0 Å². The number of rotatable bonds is 5. The number of hydrogen-bond donors (Lipinski definition) is 1. The van der Waals surface area contributed by atoms with Crippen molar-refractivity contribution in [1.29, 1.82) is 0 Å². The van der Waals surface area contributed by atoms with Crippen molar-refractivity contribution in [3.8, 4) is 0 Å². The van der Waals surface area contributed by atoms with Gasteiger partial charge in [0.05, 0.1) is 13.2 Å². The summed E-state index contributed by atoms with van der Waals surface area (Å²) in [5.74, 6) is -0.256. The number of carbonyl (C=O) groups is 1. The standard InChI is InChI=1S/C21H29N3O4S/c1-21(2,3)17-7-5-16(6-8-17)15-23(4)20(25)19-13-18(14-22-19)29(26,27)24-9-11-28-12-10-24/h5-8,13-14,22H,9-12,15H2,1-4H3. The van der Waals surface area contributed by atoms with E-state index in [2.05, 4.69) is 37.9 Å². The van der Waals surface area contributed by atoms with E-state index in [0.29, 0.717) is 32.8 Å². The molecule has 0 spiro atoms. The first kappa shape index (κ1) is 21.5. The monoisotopic (exact) mass is 419 g/mol. The number of carbonyl (C=O) groups excluding carboxylic acids is 1. The number of morpholine rings is 1. The maximum absolute atomic E-state index is 12.8. The lowest BCUT2D eigenvalue weighted by Gasteiger charge is -2.25. The lowest BCUT2D eigenvalue weighted by Crippen LogP contribution is -2.40. The Balaban J connectivity index is 1.69. The van der Waals surface area contributed by atoms with Crippen molar-refractivity contribution in [3.63, 3.8) is 0 Å². The number of aromatic amines is 1. The fraction of sp³-hybridized carbons (Fsp3) is 0.476. The molecule has 1 amide bonds. The molecule has 1 aromatic carbocycles. The molecular weight excluding hydrogens is 390 g/mol. The van der Waals surface area contributed by atoms with Crippen molar-refractivity contribution in [2.75, 3.05) is 33.4 Å². The number of aromatic nitrogens is 1.